The van der Waals surface area contributed by atoms with Crippen LogP contribution in [0.1, 0.15) is 5.56 Å². The average Bonchev–Trinajstić information content (AvgIpc) is 3.08. The van der Waals surface area contributed by atoms with E-state index in [1.54, 1.807) is 18.4 Å². The number of nitrogens with zero attached hydrogens (tertiary/aromatic N) is 1. The van der Waals surface area contributed by atoms with Gasteiger partial charge in [-0.15, -0.1) is 11.3 Å². The first kappa shape index (κ1) is 14.5. The second-order valence-electron chi connectivity index (χ2n) is 4.62. The first-order valence-electron chi connectivity index (χ1n) is 6.58. The third kappa shape index (κ3) is 2.67. The number of ether oxygens (including phenoxy) is 1. The summed E-state index contributed by atoms with van der Waals surface area (Å²) in [6.45, 7) is 0. The van der Waals surface area contributed by atoms with Crippen molar-refractivity contribution in [1.29, 1.82) is 5.26 Å². The molecule has 2 aromatic heterocycles. The van der Waals surface area contributed by atoms with Gasteiger partial charge in [-0.2, -0.15) is 5.26 Å². The minimum absolute atomic E-state index is 0.458. The second kappa shape index (κ2) is 6.14. The monoisotopic (exact) mass is 324 g/mol. The van der Waals surface area contributed by atoms with Crippen molar-refractivity contribution in [2.75, 3.05) is 7.11 Å². The van der Waals surface area contributed by atoms with E-state index in [1.165, 1.54) is 0 Å². The lowest BCUT2D eigenvalue weighted by atomic mass is 10.0. The number of nitrogens with one attached hydrogen (secondary N) is 1. The smallest absolute Gasteiger partial charge is 0.122 e. The van der Waals surface area contributed by atoms with Gasteiger partial charge in [0.2, 0.25) is 0 Å². The fourth-order valence-electron chi connectivity index (χ4n) is 2.23. The molecule has 1 N–H and O–H groups in total. The fraction of sp³-hybridized carbons (Fsp3) is 0.0588. The van der Waals surface area contributed by atoms with E-state index in [4.69, 9.17) is 17.0 Å². The normalized spacial score (nSPS) is 10.2. The van der Waals surface area contributed by atoms with Crippen molar-refractivity contribution in [3.05, 3.63) is 58.0 Å². The predicted octanol–water partition coefficient (Wildman–Crippen LogP) is 5.02. The largest absolute Gasteiger partial charge is 0.497 e. The Morgan fingerprint density at radius 1 is 1.23 bits per heavy atom. The first-order valence-corrected chi connectivity index (χ1v) is 7.87. The zero-order chi connectivity index (χ0) is 15.5. The molecule has 0 aliphatic rings. The van der Waals surface area contributed by atoms with Gasteiger partial charge in [0, 0.05) is 5.56 Å². The molecule has 1 aromatic carbocycles. The molecule has 0 amide bonds. The van der Waals surface area contributed by atoms with Crippen molar-refractivity contribution in [2.45, 2.75) is 0 Å². The first-order chi connectivity index (χ1) is 10.7. The maximum absolute atomic E-state index is 9.42. The summed E-state index contributed by atoms with van der Waals surface area (Å²) in [5.74, 6) is 0.779. The van der Waals surface area contributed by atoms with Crippen LogP contribution in [-0.2, 0) is 0 Å². The summed E-state index contributed by atoms with van der Waals surface area (Å²) in [6.07, 6.45) is 0. The molecule has 108 valence electrons. The Balaban J connectivity index is 2.20. The Bertz CT molecular complexity index is 888. The standard InChI is InChI=1S/C17H12N2OS2/c1-20-12-6-4-11(5-7-12)13-9-15(16-3-2-8-22-16)19-17(21)14(13)10-18/h2-9H,1H3,(H,19,21). The van der Waals surface area contributed by atoms with Crippen LogP contribution in [0.5, 0.6) is 5.75 Å². The molecule has 0 saturated heterocycles. The van der Waals surface area contributed by atoms with Crippen LogP contribution in [0.15, 0.2) is 47.8 Å². The van der Waals surface area contributed by atoms with E-state index in [-0.39, 0.29) is 0 Å². The van der Waals surface area contributed by atoms with Crippen molar-refractivity contribution in [3.63, 3.8) is 0 Å². The van der Waals surface area contributed by atoms with Crippen LogP contribution in [0.25, 0.3) is 21.7 Å². The highest BCUT2D eigenvalue weighted by molar-refractivity contribution is 7.71. The highest BCUT2D eigenvalue weighted by Crippen LogP contribution is 2.31. The molecule has 3 rings (SSSR count). The second-order valence-corrected chi connectivity index (χ2v) is 5.97. The van der Waals surface area contributed by atoms with Crippen LogP contribution in [0.2, 0.25) is 0 Å². The molecule has 0 fully saturated rings. The number of benzene rings is 1. The molecule has 5 heteroatoms. The Labute approximate surface area is 137 Å². The maximum atomic E-state index is 9.42. The van der Waals surface area contributed by atoms with Gasteiger partial charge >= 0.3 is 0 Å². The topological polar surface area (TPSA) is 48.8 Å². The molecule has 22 heavy (non-hydrogen) atoms. The van der Waals surface area contributed by atoms with Crippen LogP contribution in [0, 0.1) is 16.0 Å². The number of methoxy groups -OCH3 is 1. The van der Waals surface area contributed by atoms with E-state index in [0.29, 0.717) is 10.2 Å². The highest BCUT2D eigenvalue weighted by Gasteiger charge is 2.11. The number of nitriles is 1. The lowest BCUT2D eigenvalue weighted by molar-refractivity contribution is 0.415. The quantitative estimate of drug-likeness (QED) is 0.688. The average molecular weight is 324 g/mol. The summed E-state index contributed by atoms with van der Waals surface area (Å²) in [6, 6.07) is 15.8. The fourth-order valence-corrected chi connectivity index (χ4v) is 3.20. The number of aromatic nitrogens is 1. The van der Waals surface area contributed by atoms with Crippen LogP contribution in [0.3, 0.4) is 0 Å². The summed E-state index contributed by atoms with van der Waals surface area (Å²) in [5.41, 5.74) is 3.18. The summed E-state index contributed by atoms with van der Waals surface area (Å²) in [4.78, 5) is 4.23. The molecule has 0 atom stereocenters. The molecule has 0 saturated carbocycles. The lowest BCUT2D eigenvalue weighted by Crippen LogP contribution is -1.92. The molecular formula is C17H12N2OS2. The molecule has 0 unspecified atom stereocenters. The van der Waals surface area contributed by atoms with E-state index < -0.39 is 0 Å². The predicted molar refractivity (Wildman–Crippen MR) is 91.6 cm³/mol. The van der Waals surface area contributed by atoms with Gasteiger partial charge in [-0.25, -0.2) is 0 Å². The van der Waals surface area contributed by atoms with Crippen molar-refractivity contribution in [1.82, 2.24) is 4.98 Å². The minimum atomic E-state index is 0.458. The lowest BCUT2D eigenvalue weighted by Gasteiger charge is -2.09. The number of thiophene rings is 1. The van der Waals surface area contributed by atoms with Crippen LogP contribution >= 0.6 is 23.6 Å². The van der Waals surface area contributed by atoms with Crippen molar-refractivity contribution in [3.8, 4) is 33.5 Å². The summed E-state index contributed by atoms with van der Waals surface area (Å²) in [5, 5.41) is 11.4. The zero-order valence-corrected chi connectivity index (χ0v) is 13.4. The number of hydrogen-bond acceptors (Lipinski definition) is 4. The molecule has 3 nitrogen and oxygen atoms in total. The SMILES string of the molecule is COc1ccc(-c2cc(-c3cccs3)[nH]c(=S)c2C#N)cc1. The molecule has 0 spiro atoms. The van der Waals surface area contributed by atoms with E-state index in [2.05, 4.69) is 11.1 Å². The van der Waals surface area contributed by atoms with Gasteiger partial charge in [-0.05, 0) is 35.2 Å². The van der Waals surface area contributed by atoms with Crippen LogP contribution in [-0.4, -0.2) is 12.1 Å². The van der Waals surface area contributed by atoms with Gasteiger partial charge in [0.25, 0.3) is 0 Å². The molecule has 0 aliphatic heterocycles. The number of rotatable bonds is 3. The molecule has 3 aromatic rings. The highest BCUT2D eigenvalue weighted by atomic mass is 32.1. The minimum Gasteiger partial charge on any atom is -0.497 e. The van der Waals surface area contributed by atoms with E-state index in [1.807, 2.05) is 47.8 Å². The Morgan fingerprint density at radius 2 is 2.00 bits per heavy atom. The van der Waals surface area contributed by atoms with Crippen molar-refractivity contribution < 1.29 is 4.74 Å². The number of H-pyrrole nitrogens is 1. The van der Waals surface area contributed by atoms with Gasteiger partial charge in [-0.3, -0.25) is 0 Å². The zero-order valence-electron chi connectivity index (χ0n) is 11.8. The van der Waals surface area contributed by atoms with Gasteiger partial charge in [0.15, 0.2) is 0 Å². The van der Waals surface area contributed by atoms with Crippen molar-refractivity contribution >= 4 is 23.6 Å². The van der Waals surface area contributed by atoms with Crippen LogP contribution < -0.4 is 4.74 Å². The van der Waals surface area contributed by atoms with E-state index in [9.17, 15) is 5.26 Å². The summed E-state index contributed by atoms with van der Waals surface area (Å²) in [7, 11) is 1.63. The number of hydrogen-bond donors (Lipinski definition) is 1. The summed E-state index contributed by atoms with van der Waals surface area (Å²) >= 11 is 6.98. The Morgan fingerprint density at radius 3 is 2.59 bits per heavy atom. The maximum Gasteiger partial charge on any atom is 0.122 e. The molecule has 0 aliphatic carbocycles. The van der Waals surface area contributed by atoms with Gasteiger partial charge in [-0.1, -0.05) is 30.4 Å². The molecule has 0 bridgehead atoms. The van der Waals surface area contributed by atoms with Crippen LogP contribution in [0.4, 0.5) is 0 Å². The van der Waals surface area contributed by atoms with Gasteiger partial charge in [0.05, 0.1) is 23.2 Å². The summed E-state index contributed by atoms with van der Waals surface area (Å²) < 4.78 is 5.64. The van der Waals surface area contributed by atoms with Gasteiger partial charge in [0.1, 0.15) is 16.5 Å². The third-order valence-electron chi connectivity index (χ3n) is 3.33. The third-order valence-corrected chi connectivity index (χ3v) is 4.54. The molecular weight excluding hydrogens is 312 g/mol. The Kier molecular flexibility index (Phi) is 4.05. The van der Waals surface area contributed by atoms with Gasteiger partial charge < -0.3 is 9.72 Å². The number of pyridine rings is 1. The molecule has 2 heterocycles. The number of aromatic amines is 1. The Hall–Kier alpha value is -2.42. The van der Waals surface area contributed by atoms with E-state index in [0.717, 1.165) is 27.4 Å². The van der Waals surface area contributed by atoms with E-state index >= 15 is 0 Å². The van der Waals surface area contributed by atoms with Crippen molar-refractivity contribution in [2.24, 2.45) is 0 Å². The molecule has 0 radical (unpaired) electrons.